The number of halogens is 1. The van der Waals surface area contributed by atoms with Crippen LogP contribution >= 0.6 is 0 Å². The van der Waals surface area contributed by atoms with Crippen molar-refractivity contribution < 1.29 is 13.9 Å². The fourth-order valence-electron chi connectivity index (χ4n) is 4.33. The maximum absolute atomic E-state index is 14.0. The lowest BCUT2D eigenvalue weighted by Crippen LogP contribution is -2.53. The average Bonchev–Trinajstić information content (AvgIpc) is 3.13. The van der Waals surface area contributed by atoms with Crippen LogP contribution in [0.15, 0.2) is 12.1 Å². The van der Waals surface area contributed by atoms with E-state index in [9.17, 15) is 9.18 Å². The first-order valence-electron chi connectivity index (χ1n) is 9.46. The Labute approximate surface area is 153 Å². The second-order valence-corrected chi connectivity index (χ2v) is 7.70. The molecule has 2 fully saturated rings. The molecule has 0 aromatic heterocycles. The number of ether oxygens (including phenoxy) is 1. The summed E-state index contributed by atoms with van der Waals surface area (Å²) in [6.45, 7) is 6.05. The van der Waals surface area contributed by atoms with Gasteiger partial charge in [0.1, 0.15) is 11.9 Å². The largest absolute Gasteiger partial charge is 0.379 e. The van der Waals surface area contributed by atoms with Crippen molar-refractivity contribution in [2.75, 3.05) is 38.3 Å². The maximum atomic E-state index is 14.0. The van der Waals surface area contributed by atoms with Crippen LogP contribution in [0.4, 0.5) is 10.1 Å². The van der Waals surface area contributed by atoms with Gasteiger partial charge in [-0.05, 0) is 36.8 Å². The first-order chi connectivity index (χ1) is 12.6. The van der Waals surface area contributed by atoms with Crippen LogP contribution < -0.4 is 21.3 Å². The molecular weight excluding hydrogens is 335 g/mol. The van der Waals surface area contributed by atoms with Gasteiger partial charge in [-0.15, -0.1) is 0 Å². The van der Waals surface area contributed by atoms with Gasteiger partial charge in [-0.1, -0.05) is 6.07 Å². The summed E-state index contributed by atoms with van der Waals surface area (Å²) in [5.74, 6) is 0.637. The third kappa shape index (κ3) is 3.56. The minimum absolute atomic E-state index is 0.0135. The van der Waals surface area contributed by atoms with Crippen molar-refractivity contribution in [1.29, 1.82) is 0 Å². The quantitative estimate of drug-likeness (QED) is 0.639. The van der Waals surface area contributed by atoms with Crippen molar-refractivity contribution in [3.8, 4) is 0 Å². The van der Waals surface area contributed by atoms with Crippen molar-refractivity contribution in [3.05, 3.63) is 29.1 Å². The molecule has 7 heteroatoms. The highest BCUT2D eigenvalue weighted by Gasteiger charge is 2.34. The Morgan fingerprint density at radius 3 is 2.81 bits per heavy atom. The van der Waals surface area contributed by atoms with Gasteiger partial charge in [-0.3, -0.25) is 4.79 Å². The highest BCUT2D eigenvalue weighted by molar-refractivity contribution is 5.88. The maximum Gasteiger partial charge on any atom is 0.243 e. The average molecular weight is 362 g/mol. The summed E-state index contributed by atoms with van der Waals surface area (Å²) in [5.41, 5.74) is 2.35. The van der Waals surface area contributed by atoms with Gasteiger partial charge in [0.25, 0.3) is 0 Å². The zero-order chi connectivity index (χ0) is 18.1. The molecule has 0 saturated carbocycles. The first kappa shape index (κ1) is 17.7. The van der Waals surface area contributed by atoms with Crippen LogP contribution in [-0.4, -0.2) is 51.0 Å². The van der Waals surface area contributed by atoms with Crippen LogP contribution in [0.1, 0.15) is 17.5 Å². The van der Waals surface area contributed by atoms with Gasteiger partial charge in [0.15, 0.2) is 0 Å². The summed E-state index contributed by atoms with van der Waals surface area (Å²) in [6, 6.07) is 2.81. The van der Waals surface area contributed by atoms with Crippen molar-refractivity contribution in [3.63, 3.8) is 0 Å². The molecular formula is C19H27FN4O2. The number of carbonyl (C=O) groups excluding carboxylic acids is 1. The summed E-state index contributed by atoms with van der Waals surface area (Å²) in [4.78, 5) is 12.7. The molecule has 0 bridgehead atoms. The third-order valence-corrected chi connectivity index (χ3v) is 5.82. The van der Waals surface area contributed by atoms with Crippen LogP contribution in [0.25, 0.3) is 0 Å². The zero-order valence-electron chi connectivity index (χ0n) is 15.1. The second kappa shape index (κ2) is 7.50. The lowest BCUT2D eigenvalue weighted by molar-refractivity contribution is -0.124. The summed E-state index contributed by atoms with van der Waals surface area (Å²) < 4.78 is 19.8. The first-order valence-corrected chi connectivity index (χ1v) is 9.46. The van der Waals surface area contributed by atoms with Crippen LogP contribution in [0.2, 0.25) is 0 Å². The van der Waals surface area contributed by atoms with Crippen molar-refractivity contribution >= 4 is 11.6 Å². The molecule has 3 aliphatic rings. The topological polar surface area (TPSA) is 74.4 Å². The summed E-state index contributed by atoms with van der Waals surface area (Å²) >= 11 is 0. The van der Waals surface area contributed by atoms with E-state index in [0.717, 1.165) is 44.0 Å². The van der Waals surface area contributed by atoms with Crippen molar-refractivity contribution in [2.24, 2.45) is 11.8 Å². The Morgan fingerprint density at radius 1 is 1.23 bits per heavy atom. The minimum atomic E-state index is -0.418. The van der Waals surface area contributed by atoms with Crippen LogP contribution in [0.5, 0.6) is 0 Å². The Bertz CT molecular complexity index is 647. The molecule has 3 atom stereocenters. The Hall–Kier alpha value is -1.70. The highest BCUT2D eigenvalue weighted by Crippen LogP contribution is 2.31. The van der Waals surface area contributed by atoms with Gasteiger partial charge in [-0.2, -0.15) is 0 Å². The zero-order valence-corrected chi connectivity index (χ0v) is 15.1. The Kier molecular flexibility index (Phi) is 5.11. The number of nitrogens with one attached hydrogen (secondary N) is 4. The number of benzene rings is 1. The molecule has 0 aliphatic carbocycles. The number of hydrogen-bond donors (Lipinski definition) is 4. The Balaban J connectivity index is 1.35. The Morgan fingerprint density at radius 2 is 2.04 bits per heavy atom. The van der Waals surface area contributed by atoms with E-state index in [2.05, 4.69) is 21.3 Å². The van der Waals surface area contributed by atoms with Gasteiger partial charge in [-0.25, -0.2) is 4.39 Å². The number of carbonyl (C=O) groups is 1. The van der Waals surface area contributed by atoms with E-state index in [1.165, 1.54) is 6.07 Å². The molecule has 3 heterocycles. The van der Waals surface area contributed by atoms with Crippen LogP contribution in [-0.2, 0) is 16.0 Å². The number of anilines is 1. The second-order valence-electron chi connectivity index (χ2n) is 7.70. The van der Waals surface area contributed by atoms with Crippen LogP contribution in [0, 0.1) is 24.6 Å². The smallest absolute Gasteiger partial charge is 0.243 e. The van der Waals surface area contributed by atoms with Crippen LogP contribution in [0.3, 0.4) is 0 Å². The van der Waals surface area contributed by atoms with Gasteiger partial charge in [0.05, 0.1) is 12.6 Å². The fraction of sp³-hybridized carbons (Fsp3) is 0.632. The fourth-order valence-corrected chi connectivity index (χ4v) is 4.33. The summed E-state index contributed by atoms with van der Waals surface area (Å²) in [6.07, 6.45) is 1.31. The molecule has 6 nitrogen and oxygen atoms in total. The monoisotopic (exact) mass is 362 g/mol. The normalized spacial score (nSPS) is 29.1. The summed E-state index contributed by atoms with van der Waals surface area (Å²) in [5, 5.41) is 13.0. The van der Waals surface area contributed by atoms with E-state index in [0.29, 0.717) is 30.4 Å². The SMILES string of the molecule is Cc1ccc(F)c2c1NC(C(=O)NC1COCC(C3CNCNC3)C1)C2. The number of hydrogen-bond acceptors (Lipinski definition) is 5. The number of rotatable bonds is 3. The molecule has 142 valence electrons. The molecule has 0 spiro atoms. The molecule has 1 amide bonds. The van der Waals surface area contributed by atoms with Gasteiger partial charge < -0.3 is 26.0 Å². The van der Waals surface area contributed by atoms with E-state index in [-0.39, 0.29) is 17.8 Å². The molecule has 3 aliphatic heterocycles. The molecule has 0 radical (unpaired) electrons. The molecule has 26 heavy (non-hydrogen) atoms. The predicted octanol–water partition coefficient (Wildman–Crippen LogP) is 0.759. The van der Waals surface area contributed by atoms with Gasteiger partial charge in [0.2, 0.25) is 5.91 Å². The molecule has 1 aromatic carbocycles. The molecule has 2 saturated heterocycles. The molecule has 3 unspecified atom stereocenters. The van der Waals surface area contributed by atoms with E-state index < -0.39 is 6.04 Å². The molecule has 4 rings (SSSR count). The lowest BCUT2D eigenvalue weighted by atomic mass is 9.85. The minimum Gasteiger partial charge on any atom is -0.379 e. The predicted molar refractivity (Wildman–Crippen MR) is 97.5 cm³/mol. The van der Waals surface area contributed by atoms with E-state index in [1.54, 1.807) is 6.07 Å². The highest BCUT2D eigenvalue weighted by atomic mass is 19.1. The van der Waals surface area contributed by atoms with Gasteiger partial charge in [0, 0.05) is 44.0 Å². The number of aryl methyl sites for hydroxylation is 1. The van der Waals surface area contributed by atoms with Gasteiger partial charge >= 0.3 is 0 Å². The third-order valence-electron chi connectivity index (χ3n) is 5.82. The lowest BCUT2D eigenvalue weighted by Gasteiger charge is -2.37. The standard InChI is InChI=1S/C19H27FN4O2/c1-11-2-3-16(20)15-5-17(24-18(11)15)19(25)23-14-4-12(8-26-9-14)13-6-21-10-22-7-13/h2-3,12-14,17,21-22,24H,4-10H2,1H3,(H,23,25). The van der Waals surface area contributed by atoms with E-state index >= 15 is 0 Å². The molecule has 4 N–H and O–H groups in total. The van der Waals surface area contributed by atoms with E-state index in [1.807, 2.05) is 6.92 Å². The van der Waals surface area contributed by atoms with E-state index in [4.69, 9.17) is 4.74 Å². The van der Waals surface area contributed by atoms with Crippen molar-refractivity contribution in [1.82, 2.24) is 16.0 Å². The number of fused-ring (bicyclic) bond motifs is 1. The summed E-state index contributed by atoms with van der Waals surface area (Å²) in [7, 11) is 0. The van der Waals surface area contributed by atoms with Crippen molar-refractivity contribution in [2.45, 2.75) is 31.8 Å². The molecule has 1 aromatic rings. The number of amides is 1.